The van der Waals surface area contributed by atoms with Crippen LogP contribution in [0, 0.1) is 0 Å². The summed E-state index contributed by atoms with van der Waals surface area (Å²) in [6, 6.07) is 0. The van der Waals surface area contributed by atoms with Gasteiger partial charge in [0.2, 0.25) is 0 Å². The number of hydrogen-bond donors (Lipinski definition) is 0. The second-order valence-electron chi connectivity index (χ2n) is 5.63. The van der Waals surface area contributed by atoms with E-state index < -0.39 is 24.4 Å². The third kappa shape index (κ3) is 11.1. The number of halogens is 2. The van der Waals surface area contributed by atoms with E-state index in [0.29, 0.717) is 38.2 Å². The molecule has 0 unspecified atom stereocenters. The molecule has 1 rings (SSSR count). The molecule has 0 saturated carbocycles. The van der Waals surface area contributed by atoms with Gasteiger partial charge in [0.15, 0.2) is 0 Å². The Labute approximate surface area is 178 Å². The van der Waals surface area contributed by atoms with Gasteiger partial charge in [-0.15, -0.1) is 23.2 Å². The van der Waals surface area contributed by atoms with Gasteiger partial charge in [-0.1, -0.05) is 10.2 Å². The fourth-order valence-corrected chi connectivity index (χ4v) is 2.80. The lowest BCUT2D eigenvalue weighted by Crippen LogP contribution is -2.49. The Kier molecular flexibility index (Phi) is 15.9. The molecule has 0 aliphatic carbocycles. The molecule has 0 radical (unpaired) electrons. The van der Waals surface area contributed by atoms with Crippen molar-refractivity contribution in [1.29, 1.82) is 0 Å². The van der Waals surface area contributed by atoms with Crippen LogP contribution in [0.25, 0.3) is 20.9 Å². The lowest BCUT2D eigenvalue weighted by atomic mass is 10.0. The van der Waals surface area contributed by atoms with Crippen molar-refractivity contribution in [2.75, 3.05) is 71.3 Å². The molecule has 1 aliphatic rings. The van der Waals surface area contributed by atoms with Crippen molar-refractivity contribution >= 4 is 23.2 Å². The van der Waals surface area contributed by atoms with Crippen molar-refractivity contribution in [3.05, 3.63) is 20.9 Å². The Morgan fingerprint density at radius 1 is 0.759 bits per heavy atom. The molecule has 0 N–H and O–H groups in total. The summed E-state index contributed by atoms with van der Waals surface area (Å²) in [6.07, 6.45) is -2.56. The number of azide groups is 2. The molecule has 0 amide bonds. The summed E-state index contributed by atoms with van der Waals surface area (Å²) >= 11 is 11.2. The zero-order valence-electron chi connectivity index (χ0n) is 16.0. The van der Waals surface area contributed by atoms with Crippen molar-refractivity contribution in [3.8, 4) is 0 Å². The Morgan fingerprint density at radius 2 is 1.21 bits per heavy atom. The van der Waals surface area contributed by atoms with Gasteiger partial charge >= 0.3 is 0 Å². The Hall–Kier alpha value is -1.04. The van der Waals surface area contributed by atoms with Crippen LogP contribution in [-0.4, -0.2) is 95.7 Å². The Balaban J connectivity index is 2.87. The minimum absolute atomic E-state index is 0.0178. The minimum atomic E-state index is -0.658. The molecule has 1 saturated heterocycles. The molecule has 0 aromatic carbocycles. The van der Waals surface area contributed by atoms with Gasteiger partial charge in [-0.3, -0.25) is 0 Å². The molecule has 166 valence electrons. The lowest BCUT2D eigenvalue weighted by molar-refractivity contribution is -0.139. The molecule has 12 nitrogen and oxygen atoms in total. The van der Waals surface area contributed by atoms with Gasteiger partial charge in [0, 0.05) is 21.6 Å². The third-order valence-corrected chi connectivity index (χ3v) is 4.10. The zero-order chi connectivity index (χ0) is 21.2. The fourth-order valence-electron chi connectivity index (χ4n) is 2.58. The summed E-state index contributed by atoms with van der Waals surface area (Å²) in [6.45, 7) is 1.82. The average Bonchev–Trinajstić information content (AvgIpc) is 2.89. The summed E-state index contributed by atoms with van der Waals surface area (Å²) in [5, 5.41) is 7.16. The van der Waals surface area contributed by atoms with Crippen molar-refractivity contribution in [2.45, 2.75) is 24.4 Å². The van der Waals surface area contributed by atoms with Crippen LogP contribution in [0.3, 0.4) is 0 Å². The zero-order valence-corrected chi connectivity index (χ0v) is 17.5. The van der Waals surface area contributed by atoms with E-state index >= 15 is 0 Å². The highest BCUT2D eigenvalue weighted by Gasteiger charge is 2.40. The van der Waals surface area contributed by atoms with Crippen molar-refractivity contribution in [1.82, 2.24) is 0 Å². The predicted molar refractivity (Wildman–Crippen MR) is 105 cm³/mol. The first-order valence-electron chi connectivity index (χ1n) is 9.04. The van der Waals surface area contributed by atoms with Gasteiger partial charge in [0.05, 0.1) is 64.9 Å². The monoisotopic (exact) mass is 456 g/mol. The van der Waals surface area contributed by atoms with Gasteiger partial charge in [0.1, 0.15) is 19.0 Å². The average molecular weight is 457 g/mol. The Bertz CT molecular complexity index is 480. The second-order valence-corrected chi connectivity index (χ2v) is 6.38. The molecule has 0 aromatic rings. The minimum Gasteiger partial charge on any atom is -0.378 e. The number of rotatable bonds is 16. The van der Waals surface area contributed by atoms with Crippen molar-refractivity contribution in [2.24, 2.45) is 10.2 Å². The van der Waals surface area contributed by atoms with Crippen molar-refractivity contribution < 1.29 is 28.4 Å². The number of hydrogen-bond acceptors (Lipinski definition) is 8. The van der Waals surface area contributed by atoms with Crippen LogP contribution < -0.4 is 0 Å². The molecule has 1 fully saturated rings. The maximum absolute atomic E-state index is 8.67. The van der Waals surface area contributed by atoms with Crippen LogP contribution in [0.4, 0.5) is 0 Å². The summed E-state index contributed by atoms with van der Waals surface area (Å²) in [4.78, 5) is 5.55. The molecular formula is C15H26Cl2N6O6. The van der Waals surface area contributed by atoms with E-state index in [4.69, 9.17) is 62.7 Å². The predicted octanol–water partition coefficient (Wildman–Crippen LogP) is 2.63. The second kappa shape index (κ2) is 17.8. The van der Waals surface area contributed by atoms with E-state index in [0.717, 1.165) is 0 Å². The first-order valence-corrected chi connectivity index (χ1v) is 10.1. The number of nitrogens with zero attached hydrogens (tertiary/aromatic N) is 6. The van der Waals surface area contributed by atoms with Crippen LogP contribution in [0.15, 0.2) is 10.2 Å². The summed E-state index contributed by atoms with van der Waals surface area (Å²) in [5.41, 5.74) is 17.3. The molecule has 0 aromatic heterocycles. The summed E-state index contributed by atoms with van der Waals surface area (Å²) in [7, 11) is 0. The maximum atomic E-state index is 8.67. The lowest BCUT2D eigenvalue weighted by Gasteiger charge is -2.32. The van der Waals surface area contributed by atoms with Crippen molar-refractivity contribution in [3.63, 3.8) is 0 Å². The molecule has 4 atom stereocenters. The topological polar surface area (TPSA) is 153 Å². The van der Waals surface area contributed by atoms with E-state index in [1.165, 1.54) is 0 Å². The quantitative estimate of drug-likeness (QED) is 0.114. The first-order chi connectivity index (χ1) is 14.3. The third-order valence-electron chi connectivity index (χ3n) is 3.79. The maximum Gasteiger partial charge on any atom is 0.147 e. The molecule has 0 spiro atoms. The van der Waals surface area contributed by atoms with Gasteiger partial charge < -0.3 is 28.4 Å². The summed E-state index contributed by atoms with van der Waals surface area (Å²) < 4.78 is 33.8. The highest BCUT2D eigenvalue weighted by atomic mass is 35.5. The van der Waals surface area contributed by atoms with E-state index in [1.807, 2.05) is 0 Å². The molecule has 1 heterocycles. The SMILES string of the molecule is [N-]=[N+]=NC[C@@H]1OCO[C@@H](CN=[N+]=[N-])[C@@H](OCCOCCCl)[C@@H]1OCCOCCCl. The van der Waals surface area contributed by atoms with Crippen LogP contribution in [0.1, 0.15) is 0 Å². The standard InChI is InChI=1S/C15H26Cl2N6O6/c16-1-3-24-5-7-26-14-12(9-20-22-18)28-11-29-13(10-21-23-19)15(14)27-8-6-25-4-2-17/h12-15H,1-11H2/t12-,13-,14+,15+/m0/s1. The fraction of sp³-hybridized carbons (Fsp3) is 1.00. The highest BCUT2D eigenvalue weighted by Crippen LogP contribution is 2.22. The molecule has 14 heteroatoms. The van der Waals surface area contributed by atoms with Gasteiger partial charge in [0.25, 0.3) is 0 Å². The van der Waals surface area contributed by atoms with Crippen LogP contribution in [0.2, 0.25) is 0 Å². The molecule has 0 bridgehead atoms. The largest absolute Gasteiger partial charge is 0.378 e. The van der Waals surface area contributed by atoms with E-state index in [9.17, 15) is 0 Å². The highest BCUT2D eigenvalue weighted by molar-refractivity contribution is 6.18. The van der Waals surface area contributed by atoms with Crippen LogP contribution in [0.5, 0.6) is 0 Å². The normalized spacial score (nSPS) is 24.3. The molecular weight excluding hydrogens is 431 g/mol. The van der Waals surface area contributed by atoms with E-state index in [1.54, 1.807) is 0 Å². The van der Waals surface area contributed by atoms with Gasteiger partial charge in [-0.25, -0.2) is 0 Å². The summed E-state index contributed by atoms with van der Waals surface area (Å²) in [5.74, 6) is 0.754. The van der Waals surface area contributed by atoms with Gasteiger partial charge in [-0.2, -0.15) is 0 Å². The van der Waals surface area contributed by atoms with Gasteiger partial charge in [-0.05, 0) is 11.1 Å². The van der Waals surface area contributed by atoms with Crippen LogP contribution in [-0.2, 0) is 28.4 Å². The van der Waals surface area contributed by atoms with E-state index in [-0.39, 0.29) is 33.1 Å². The Morgan fingerprint density at radius 3 is 1.59 bits per heavy atom. The first kappa shape index (κ1) is 26.0. The number of ether oxygens (including phenoxy) is 6. The smallest absolute Gasteiger partial charge is 0.147 e. The molecule has 1 aliphatic heterocycles. The van der Waals surface area contributed by atoms with E-state index in [2.05, 4.69) is 20.1 Å². The van der Waals surface area contributed by atoms with Crippen LogP contribution >= 0.6 is 23.2 Å². The molecule has 29 heavy (non-hydrogen) atoms. The number of alkyl halides is 2.